The molecule has 2 atom stereocenters. The molecule has 0 saturated heterocycles. The molecule has 2 saturated carbocycles. The first-order valence-corrected chi connectivity index (χ1v) is 6.27. The summed E-state index contributed by atoms with van der Waals surface area (Å²) in [6.07, 6.45) is 5.58. The van der Waals surface area contributed by atoms with E-state index in [4.69, 9.17) is 0 Å². The number of hydrogen-bond donors (Lipinski definition) is 0. The zero-order valence-corrected chi connectivity index (χ0v) is 9.63. The topological polar surface area (TPSA) is 47.0 Å². The van der Waals surface area contributed by atoms with Gasteiger partial charge in [0.1, 0.15) is 5.92 Å². The van der Waals surface area contributed by atoms with E-state index < -0.39 is 5.92 Å². The highest BCUT2D eigenvalue weighted by atomic mass is 16.2. The zero-order valence-electron chi connectivity index (χ0n) is 9.63. The summed E-state index contributed by atoms with van der Waals surface area (Å²) in [5.41, 5.74) is 0.636. The summed E-state index contributed by atoms with van der Waals surface area (Å²) in [7, 11) is 0. The fraction of sp³-hybridized carbons (Fsp3) is 0.500. The van der Waals surface area contributed by atoms with Gasteiger partial charge >= 0.3 is 0 Å². The second-order valence-corrected chi connectivity index (χ2v) is 4.99. The first kappa shape index (κ1) is 10.6. The monoisotopic (exact) mass is 229 g/mol. The summed E-state index contributed by atoms with van der Waals surface area (Å²) >= 11 is 0. The van der Waals surface area contributed by atoms with E-state index >= 15 is 0 Å². The molecular weight excluding hydrogens is 214 g/mol. The van der Waals surface area contributed by atoms with Gasteiger partial charge in [0.15, 0.2) is 11.6 Å². The van der Waals surface area contributed by atoms with E-state index in [0.29, 0.717) is 5.69 Å². The summed E-state index contributed by atoms with van der Waals surface area (Å²) in [6.45, 7) is 0. The summed E-state index contributed by atoms with van der Waals surface area (Å²) < 4.78 is 0. The Kier molecular flexibility index (Phi) is 2.54. The minimum Gasteiger partial charge on any atom is -0.298 e. The van der Waals surface area contributed by atoms with E-state index in [0.717, 1.165) is 25.7 Å². The first-order chi connectivity index (χ1) is 8.29. The van der Waals surface area contributed by atoms with Crippen molar-refractivity contribution in [3.63, 3.8) is 0 Å². The number of aromatic nitrogens is 1. The van der Waals surface area contributed by atoms with Gasteiger partial charge in [-0.15, -0.1) is 0 Å². The minimum atomic E-state index is -0.579. The Morgan fingerprint density at radius 2 is 1.65 bits per heavy atom. The van der Waals surface area contributed by atoms with Gasteiger partial charge in [-0.1, -0.05) is 18.9 Å². The standard InChI is InChI=1S/C14H15NO2/c16-13-9-5-1-2-6-10(9)14(17)12(13)11-7-3-4-8-15-11/h3-4,7-10,12H,1-2,5-6H2. The van der Waals surface area contributed by atoms with Crippen LogP contribution in [0.3, 0.4) is 0 Å². The summed E-state index contributed by atoms with van der Waals surface area (Å²) in [5.74, 6) is -0.410. The van der Waals surface area contributed by atoms with Crippen molar-refractivity contribution >= 4 is 11.6 Å². The van der Waals surface area contributed by atoms with E-state index in [1.807, 2.05) is 6.07 Å². The average Bonchev–Trinajstić information content (AvgIpc) is 2.64. The van der Waals surface area contributed by atoms with Gasteiger partial charge in [0, 0.05) is 18.0 Å². The molecule has 0 aliphatic heterocycles. The molecule has 2 fully saturated rings. The summed E-state index contributed by atoms with van der Waals surface area (Å²) in [6, 6.07) is 5.43. The molecule has 17 heavy (non-hydrogen) atoms. The van der Waals surface area contributed by atoms with Crippen LogP contribution in [0.2, 0.25) is 0 Å². The Morgan fingerprint density at radius 1 is 1.00 bits per heavy atom. The maximum atomic E-state index is 12.3. The van der Waals surface area contributed by atoms with Crippen LogP contribution < -0.4 is 0 Å². The molecule has 0 spiro atoms. The molecule has 0 bridgehead atoms. The molecule has 2 unspecified atom stereocenters. The first-order valence-electron chi connectivity index (χ1n) is 6.27. The maximum Gasteiger partial charge on any atom is 0.153 e. The number of rotatable bonds is 1. The lowest BCUT2D eigenvalue weighted by atomic mass is 9.81. The Balaban J connectivity index is 1.96. The number of ketones is 2. The minimum absolute atomic E-state index is 0.0248. The molecule has 2 aliphatic rings. The summed E-state index contributed by atoms with van der Waals surface area (Å²) in [4.78, 5) is 28.8. The molecule has 1 heterocycles. The molecule has 0 N–H and O–H groups in total. The number of nitrogens with zero attached hydrogens (tertiary/aromatic N) is 1. The number of carbonyl (C=O) groups excluding carboxylic acids is 2. The predicted octanol–water partition coefficient (Wildman–Crippen LogP) is 2.12. The third kappa shape index (κ3) is 1.61. The second-order valence-electron chi connectivity index (χ2n) is 4.99. The van der Waals surface area contributed by atoms with Crippen LogP contribution in [-0.4, -0.2) is 16.6 Å². The van der Waals surface area contributed by atoms with Crippen molar-refractivity contribution in [2.75, 3.05) is 0 Å². The molecule has 1 aromatic heterocycles. The van der Waals surface area contributed by atoms with Crippen molar-refractivity contribution < 1.29 is 9.59 Å². The smallest absolute Gasteiger partial charge is 0.153 e. The molecule has 2 aliphatic carbocycles. The lowest BCUT2D eigenvalue weighted by Gasteiger charge is -2.21. The molecule has 3 nitrogen and oxygen atoms in total. The van der Waals surface area contributed by atoms with Gasteiger partial charge in [-0.05, 0) is 25.0 Å². The van der Waals surface area contributed by atoms with Crippen molar-refractivity contribution in [1.29, 1.82) is 0 Å². The van der Waals surface area contributed by atoms with E-state index in [1.165, 1.54) is 0 Å². The molecular formula is C14H15NO2. The van der Waals surface area contributed by atoms with E-state index in [2.05, 4.69) is 4.98 Å². The number of Topliss-reactive ketones (excluding diaryl/α,β-unsaturated/α-hetero) is 2. The highest BCUT2D eigenvalue weighted by molar-refractivity contribution is 6.15. The fourth-order valence-corrected chi connectivity index (χ4v) is 3.22. The van der Waals surface area contributed by atoms with Crippen molar-refractivity contribution in [3.05, 3.63) is 30.1 Å². The zero-order chi connectivity index (χ0) is 11.8. The molecule has 3 rings (SSSR count). The van der Waals surface area contributed by atoms with Gasteiger partial charge in [0.25, 0.3) is 0 Å². The summed E-state index contributed by atoms with van der Waals surface area (Å²) in [5, 5.41) is 0. The maximum absolute atomic E-state index is 12.3. The Bertz CT molecular complexity index is 431. The van der Waals surface area contributed by atoms with Gasteiger partial charge in [0.2, 0.25) is 0 Å². The highest BCUT2D eigenvalue weighted by Crippen LogP contribution is 2.43. The van der Waals surface area contributed by atoms with Gasteiger partial charge < -0.3 is 0 Å². The van der Waals surface area contributed by atoms with Crippen LogP contribution in [0.25, 0.3) is 0 Å². The van der Waals surface area contributed by atoms with Crippen LogP contribution in [0.5, 0.6) is 0 Å². The quantitative estimate of drug-likeness (QED) is 0.693. The van der Waals surface area contributed by atoms with Crippen LogP contribution in [0, 0.1) is 11.8 Å². The van der Waals surface area contributed by atoms with Crippen molar-refractivity contribution in [2.24, 2.45) is 11.8 Å². The van der Waals surface area contributed by atoms with Gasteiger partial charge in [-0.25, -0.2) is 0 Å². The van der Waals surface area contributed by atoms with Crippen LogP contribution >= 0.6 is 0 Å². The van der Waals surface area contributed by atoms with Crippen LogP contribution in [0.15, 0.2) is 24.4 Å². The number of hydrogen-bond acceptors (Lipinski definition) is 3. The third-order valence-corrected chi connectivity index (χ3v) is 4.05. The van der Waals surface area contributed by atoms with Crippen LogP contribution in [0.4, 0.5) is 0 Å². The second kappa shape index (κ2) is 4.06. The van der Waals surface area contributed by atoms with E-state index in [9.17, 15) is 9.59 Å². The largest absolute Gasteiger partial charge is 0.298 e. The number of pyridine rings is 1. The third-order valence-electron chi connectivity index (χ3n) is 4.05. The molecule has 3 heteroatoms. The lowest BCUT2D eigenvalue weighted by Crippen LogP contribution is -2.21. The van der Waals surface area contributed by atoms with Crippen molar-refractivity contribution in [3.8, 4) is 0 Å². The Morgan fingerprint density at radius 3 is 2.18 bits per heavy atom. The van der Waals surface area contributed by atoms with E-state index in [-0.39, 0.29) is 23.4 Å². The number of carbonyl (C=O) groups is 2. The highest BCUT2D eigenvalue weighted by Gasteiger charge is 2.50. The molecule has 0 radical (unpaired) electrons. The molecule has 88 valence electrons. The molecule has 1 aromatic rings. The van der Waals surface area contributed by atoms with Gasteiger partial charge in [-0.3, -0.25) is 14.6 Å². The van der Waals surface area contributed by atoms with Gasteiger partial charge in [0.05, 0.1) is 5.69 Å². The molecule has 0 aromatic carbocycles. The Labute approximate surface area is 100 Å². The Hall–Kier alpha value is -1.51. The predicted molar refractivity (Wildman–Crippen MR) is 62.4 cm³/mol. The fourth-order valence-electron chi connectivity index (χ4n) is 3.22. The van der Waals surface area contributed by atoms with Crippen molar-refractivity contribution in [2.45, 2.75) is 31.6 Å². The van der Waals surface area contributed by atoms with Gasteiger partial charge in [-0.2, -0.15) is 0 Å². The lowest BCUT2D eigenvalue weighted by molar-refractivity contribution is -0.125. The van der Waals surface area contributed by atoms with Crippen LogP contribution in [-0.2, 0) is 9.59 Å². The van der Waals surface area contributed by atoms with E-state index in [1.54, 1.807) is 18.3 Å². The normalized spacial score (nSPS) is 32.6. The average molecular weight is 229 g/mol. The van der Waals surface area contributed by atoms with Crippen molar-refractivity contribution in [1.82, 2.24) is 4.98 Å². The SMILES string of the molecule is O=C1C(c2ccccn2)C(=O)C2CCCCC12. The van der Waals surface area contributed by atoms with Crippen LogP contribution in [0.1, 0.15) is 37.3 Å². The number of fused-ring (bicyclic) bond motifs is 1. The molecule has 0 amide bonds.